The number of rotatable bonds is 9. The van der Waals surface area contributed by atoms with Crippen LogP contribution < -0.4 is 15.0 Å². The van der Waals surface area contributed by atoms with Gasteiger partial charge in [-0.15, -0.1) is 0 Å². The highest BCUT2D eigenvalue weighted by Crippen LogP contribution is 2.37. The molecule has 0 aromatic heterocycles. The number of hydrogen-bond acceptors (Lipinski definition) is 5. The normalized spacial score (nSPS) is 19.9. The van der Waals surface area contributed by atoms with Gasteiger partial charge in [0.05, 0.1) is 19.3 Å². The van der Waals surface area contributed by atoms with E-state index in [4.69, 9.17) is 9.47 Å². The smallest absolute Gasteiger partial charge is 0.224 e. The Morgan fingerprint density at radius 2 is 2.00 bits per heavy atom. The summed E-state index contributed by atoms with van der Waals surface area (Å²) in [7, 11) is 0. The molecule has 1 saturated carbocycles. The molecule has 190 valence electrons. The summed E-state index contributed by atoms with van der Waals surface area (Å²) in [5.41, 5.74) is 3.83. The molecule has 1 N–H and O–H groups in total. The van der Waals surface area contributed by atoms with E-state index in [1.54, 1.807) is 12.3 Å². The van der Waals surface area contributed by atoms with Crippen LogP contribution in [0.2, 0.25) is 0 Å². The Bertz CT molecular complexity index is 1000. The van der Waals surface area contributed by atoms with Crippen molar-refractivity contribution in [2.24, 2.45) is 10.9 Å². The molecule has 2 fully saturated rings. The van der Waals surface area contributed by atoms with Crippen LogP contribution in [0.1, 0.15) is 53.4 Å². The fourth-order valence-electron chi connectivity index (χ4n) is 4.78. The fourth-order valence-corrected chi connectivity index (χ4v) is 4.78. The summed E-state index contributed by atoms with van der Waals surface area (Å²) in [4.78, 5) is 19.3. The van der Waals surface area contributed by atoms with Gasteiger partial charge in [-0.05, 0) is 68.9 Å². The predicted molar refractivity (Wildman–Crippen MR) is 148 cm³/mol. The van der Waals surface area contributed by atoms with Crippen molar-refractivity contribution in [2.45, 2.75) is 52.6 Å². The van der Waals surface area contributed by atoms with E-state index in [2.05, 4.69) is 33.9 Å². The fraction of sp³-hybridized carbons (Fsp3) is 0.448. The number of carbonyl (C=O) groups excluding carboxylic acids is 1. The lowest BCUT2D eigenvalue weighted by molar-refractivity contribution is -0.116. The molecular formula is C29H41N3O3. The van der Waals surface area contributed by atoms with Gasteiger partial charge in [-0.1, -0.05) is 32.2 Å². The quantitative estimate of drug-likeness (QED) is 0.405. The number of anilines is 2. The van der Waals surface area contributed by atoms with Gasteiger partial charge in [-0.25, -0.2) is 0 Å². The molecule has 6 nitrogen and oxygen atoms in total. The van der Waals surface area contributed by atoms with Crippen LogP contribution in [0.15, 0.2) is 54.0 Å². The number of para-hydroxylation sites is 1. The zero-order chi connectivity index (χ0) is 23.8. The number of amides is 1. The van der Waals surface area contributed by atoms with E-state index >= 15 is 0 Å². The molecule has 6 heteroatoms. The Morgan fingerprint density at radius 3 is 2.71 bits per heavy atom. The Kier molecular flexibility index (Phi) is 9.91. The maximum atomic E-state index is 12.5. The second-order valence-electron chi connectivity index (χ2n) is 8.94. The van der Waals surface area contributed by atoms with Gasteiger partial charge in [-0.3, -0.25) is 9.79 Å². The third kappa shape index (κ3) is 7.18. The van der Waals surface area contributed by atoms with Crippen LogP contribution in [0.4, 0.5) is 17.1 Å². The van der Waals surface area contributed by atoms with Gasteiger partial charge in [0.2, 0.25) is 5.91 Å². The minimum Gasteiger partial charge on any atom is -0.488 e. The zero-order valence-electron chi connectivity index (χ0n) is 20.0. The van der Waals surface area contributed by atoms with E-state index in [1.807, 2.05) is 37.3 Å². The van der Waals surface area contributed by atoms with Crippen molar-refractivity contribution in [1.82, 2.24) is 0 Å². The standard InChI is InChI=1S/C28H35N3O3.CH4.H2/c1-3-22-6-5-7-26(28(22)29-4-2)34-25-14-8-21(20-25)9-15-27(32)30-23-10-12-24(13-11-23)31-16-18-33-19-17-31;;/h3-7,10-13,21,25H,1,8-9,14-20H2,2H3,(H,30,32);1H4;1H. The van der Waals surface area contributed by atoms with Gasteiger partial charge in [-0.2, -0.15) is 0 Å². The molecular weight excluding hydrogens is 438 g/mol. The van der Waals surface area contributed by atoms with Crippen LogP contribution in [-0.2, 0) is 9.53 Å². The topological polar surface area (TPSA) is 63.2 Å². The zero-order valence-corrected chi connectivity index (χ0v) is 20.0. The van der Waals surface area contributed by atoms with Crippen molar-refractivity contribution in [3.05, 3.63) is 54.6 Å². The molecule has 35 heavy (non-hydrogen) atoms. The molecule has 0 radical (unpaired) electrons. The maximum absolute atomic E-state index is 12.5. The molecule has 0 bridgehead atoms. The first kappa shape index (κ1) is 26.5. The monoisotopic (exact) mass is 479 g/mol. The SMILES string of the molecule is C.C=Cc1cccc(OC2CCC(CCC(=O)Nc3ccc(N4CCOCC4)cc3)C2)c1N=CC.[HH]. The summed E-state index contributed by atoms with van der Waals surface area (Å²) in [5.74, 6) is 1.38. The molecule has 1 saturated heterocycles. The number of nitrogens with one attached hydrogen (secondary N) is 1. The molecule has 2 unspecified atom stereocenters. The molecule has 1 amide bonds. The van der Waals surface area contributed by atoms with E-state index in [-0.39, 0.29) is 20.9 Å². The van der Waals surface area contributed by atoms with Crippen molar-refractivity contribution >= 4 is 35.3 Å². The average Bonchev–Trinajstić information content (AvgIpc) is 3.32. The first-order valence-electron chi connectivity index (χ1n) is 12.3. The molecule has 2 aromatic rings. The molecule has 2 atom stereocenters. The average molecular weight is 480 g/mol. The van der Waals surface area contributed by atoms with Gasteiger partial charge < -0.3 is 19.7 Å². The molecule has 1 aliphatic carbocycles. The van der Waals surface area contributed by atoms with Crippen LogP contribution in [0.3, 0.4) is 0 Å². The third-order valence-electron chi connectivity index (χ3n) is 6.60. The number of carbonyl (C=O) groups is 1. The van der Waals surface area contributed by atoms with Crippen LogP contribution >= 0.6 is 0 Å². The Hall–Kier alpha value is -3.12. The van der Waals surface area contributed by atoms with Gasteiger partial charge in [0, 0.05) is 44.1 Å². The van der Waals surface area contributed by atoms with E-state index in [9.17, 15) is 4.79 Å². The van der Waals surface area contributed by atoms with E-state index in [0.29, 0.717) is 12.3 Å². The van der Waals surface area contributed by atoms with Crippen LogP contribution in [-0.4, -0.2) is 44.5 Å². The Labute approximate surface area is 211 Å². The molecule has 0 spiro atoms. The van der Waals surface area contributed by atoms with Gasteiger partial charge >= 0.3 is 0 Å². The third-order valence-corrected chi connectivity index (χ3v) is 6.60. The van der Waals surface area contributed by atoms with Gasteiger partial charge in [0.25, 0.3) is 0 Å². The Balaban J connectivity index is 0.00000228. The summed E-state index contributed by atoms with van der Waals surface area (Å²) in [5, 5.41) is 3.04. The maximum Gasteiger partial charge on any atom is 0.224 e. The van der Waals surface area contributed by atoms with Crippen molar-refractivity contribution in [3.8, 4) is 5.75 Å². The number of hydrogen-bond donors (Lipinski definition) is 1. The van der Waals surface area contributed by atoms with Crippen LogP contribution in [0.5, 0.6) is 5.75 Å². The molecule has 1 aliphatic heterocycles. The second kappa shape index (κ2) is 13.1. The summed E-state index contributed by atoms with van der Waals surface area (Å²) in [6.07, 6.45) is 8.21. The summed E-state index contributed by atoms with van der Waals surface area (Å²) >= 11 is 0. The van der Waals surface area contributed by atoms with Crippen molar-refractivity contribution in [2.75, 3.05) is 36.5 Å². The molecule has 1 heterocycles. The highest BCUT2D eigenvalue weighted by atomic mass is 16.5. The van der Waals surface area contributed by atoms with Crippen molar-refractivity contribution in [3.63, 3.8) is 0 Å². The summed E-state index contributed by atoms with van der Waals surface area (Å²) in [6.45, 7) is 9.13. The number of aliphatic imine (C=N–C) groups is 1. The minimum atomic E-state index is 0. The van der Waals surface area contributed by atoms with E-state index < -0.39 is 0 Å². The van der Waals surface area contributed by atoms with E-state index in [1.165, 1.54) is 5.69 Å². The van der Waals surface area contributed by atoms with Gasteiger partial charge in [0.1, 0.15) is 11.4 Å². The largest absolute Gasteiger partial charge is 0.488 e. The molecule has 4 rings (SSSR count). The molecule has 2 aromatic carbocycles. The predicted octanol–water partition coefficient (Wildman–Crippen LogP) is 6.74. The van der Waals surface area contributed by atoms with Crippen LogP contribution in [0, 0.1) is 5.92 Å². The first-order chi connectivity index (χ1) is 16.7. The second-order valence-corrected chi connectivity index (χ2v) is 8.94. The highest BCUT2D eigenvalue weighted by Gasteiger charge is 2.27. The number of benzene rings is 2. The highest BCUT2D eigenvalue weighted by molar-refractivity contribution is 5.90. The van der Waals surface area contributed by atoms with Gasteiger partial charge in [0.15, 0.2) is 0 Å². The lowest BCUT2D eigenvalue weighted by atomic mass is 10.0. The number of ether oxygens (including phenoxy) is 2. The first-order valence-corrected chi connectivity index (χ1v) is 12.3. The van der Waals surface area contributed by atoms with Crippen LogP contribution in [0.25, 0.3) is 6.08 Å². The summed E-state index contributed by atoms with van der Waals surface area (Å²) in [6, 6.07) is 14.0. The minimum absolute atomic E-state index is 0. The lowest BCUT2D eigenvalue weighted by Gasteiger charge is -2.28. The molecule has 2 aliphatic rings. The van der Waals surface area contributed by atoms with Crippen molar-refractivity contribution < 1.29 is 15.7 Å². The summed E-state index contributed by atoms with van der Waals surface area (Å²) < 4.78 is 11.7. The van der Waals surface area contributed by atoms with E-state index in [0.717, 1.165) is 74.7 Å². The van der Waals surface area contributed by atoms with Crippen molar-refractivity contribution in [1.29, 1.82) is 0 Å². The Morgan fingerprint density at radius 1 is 1.23 bits per heavy atom. The number of morpholine rings is 1. The lowest BCUT2D eigenvalue weighted by Crippen LogP contribution is -2.36. The number of nitrogens with zero attached hydrogens (tertiary/aromatic N) is 2.